The number of aryl methyl sites for hydroxylation is 2. The van der Waals surface area contributed by atoms with Crippen LogP contribution in [0.2, 0.25) is 10.0 Å². The van der Waals surface area contributed by atoms with E-state index in [1.165, 1.54) is 16.7 Å². The van der Waals surface area contributed by atoms with E-state index in [9.17, 15) is 19.2 Å². The molecule has 0 bridgehead atoms. The Balaban J connectivity index is 1.66. The molecular weight excluding hydrogens is 565 g/mol. The number of benzene rings is 3. The molecule has 1 atom stereocenters. The van der Waals surface area contributed by atoms with Gasteiger partial charge in [0.2, 0.25) is 0 Å². The number of carbonyl (C=O) groups excluding carboxylic acids is 2. The molecule has 0 unspecified atom stereocenters. The molecule has 0 spiro atoms. The summed E-state index contributed by atoms with van der Waals surface area (Å²) in [5.74, 6) is -1.24. The molecule has 0 saturated heterocycles. The van der Waals surface area contributed by atoms with Gasteiger partial charge in [-0.25, -0.2) is 14.2 Å². The Morgan fingerprint density at radius 1 is 0.951 bits per heavy atom. The molecule has 0 aliphatic carbocycles. The minimum Gasteiger partial charge on any atom is -0.461 e. The summed E-state index contributed by atoms with van der Waals surface area (Å²) in [5, 5.41) is 3.45. The van der Waals surface area contributed by atoms with Crippen molar-refractivity contribution in [1.29, 1.82) is 0 Å². The summed E-state index contributed by atoms with van der Waals surface area (Å²) in [5.41, 5.74) is 1.82. The van der Waals surface area contributed by atoms with Crippen LogP contribution in [0, 0.1) is 0 Å². The Morgan fingerprint density at radius 3 is 2.20 bits per heavy atom. The summed E-state index contributed by atoms with van der Waals surface area (Å²) in [6, 6.07) is 15.9. The number of nitrogens with one attached hydrogen (secondary N) is 1. The molecule has 8 nitrogen and oxygen atoms in total. The molecule has 41 heavy (non-hydrogen) atoms. The van der Waals surface area contributed by atoms with E-state index in [1.54, 1.807) is 57.3 Å². The normalized spacial score (nSPS) is 12.0. The zero-order valence-electron chi connectivity index (χ0n) is 23.2. The second-order valence-corrected chi connectivity index (χ2v) is 10.9. The second-order valence-electron chi connectivity index (χ2n) is 10.1. The van der Waals surface area contributed by atoms with E-state index in [0.29, 0.717) is 22.2 Å². The number of carbonyl (C=O) groups is 2. The number of amides is 1. The first-order valence-corrected chi connectivity index (χ1v) is 14.1. The zero-order valence-corrected chi connectivity index (χ0v) is 24.8. The summed E-state index contributed by atoms with van der Waals surface area (Å²) in [7, 11) is 1.63. The monoisotopic (exact) mass is 595 g/mol. The number of hydrogen-bond donors (Lipinski definition) is 1. The highest BCUT2D eigenvalue weighted by Crippen LogP contribution is 2.24. The van der Waals surface area contributed by atoms with E-state index in [4.69, 9.17) is 27.9 Å². The number of fused-ring (bicyclic) bond motifs is 1. The molecule has 0 fully saturated rings. The van der Waals surface area contributed by atoms with Gasteiger partial charge in [0.15, 0.2) is 0 Å². The van der Waals surface area contributed by atoms with Crippen molar-refractivity contribution >= 4 is 46.0 Å². The number of aromatic nitrogens is 2. The molecule has 4 aromatic rings. The predicted octanol–water partition coefficient (Wildman–Crippen LogP) is 5.24. The van der Waals surface area contributed by atoms with E-state index in [1.807, 2.05) is 12.1 Å². The van der Waals surface area contributed by atoms with Crippen molar-refractivity contribution in [2.75, 3.05) is 0 Å². The molecule has 1 N–H and O–H groups in total. The Hall–Kier alpha value is -3.88. The lowest BCUT2D eigenvalue weighted by molar-refractivity contribution is -0.149. The van der Waals surface area contributed by atoms with Crippen LogP contribution in [0.3, 0.4) is 0 Å². The molecule has 4 rings (SSSR count). The summed E-state index contributed by atoms with van der Waals surface area (Å²) >= 11 is 12.4. The lowest BCUT2D eigenvalue weighted by Gasteiger charge is -2.20. The highest BCUT2D eigenvalue weighted by atomic mass is 35.5. The van der Waals surface area contributed by atoms with Crippen molar-refractivity contribution in [1.82, 2.24) is 14.5 Å². The van der Waals surface area contributed by atoms with Gasteiger partial charge in [0.25, 0.3) is 11.5 Å². The molecule has 10 heteroatoms. The fraction of sp³-hybridized carbons (Fsp3) is 0.290. The molecule has 1 heterocycles. The van der Waals surface area contributed by atoms with Crippen molar-refractivity contribution in [3.05, 3.63) is 108 Å². The lowest BCUT2D eigenvalue weighted by Crippen LogP contribution is -2.44. The number of esters is 1. The standard InChI is InChI=1S/C31H31Cl2N3O5/c1-5-7-19-12-15-26-22(16-19)29(38)36(31(40)35(26)4)21-13-10-20(11-14-21)17-25(30(39)41-18(2)3)34-28(37)27-23(32)8-6-9-24(27)33/h6,8-16,18,25H,5,7,17H2,1-4H3,(H,34,37)/t25-/m0/s1. The van der Waals surface area contributed by atoms with Gasteiger partial charge in [-0.2, -0.15) is 0 Å². The first kappa shape index (κ1) is 30.1. The van der Waals surface area contributed by atoms with Crippen LogP contribution in [0.4, 0.5) is 0 Å². The summed E-state index contributed by atoms with van der Waals surface area (Å²) in [6.07, 6.45) is 1.45. The molecule has 0 aliphatic rings. The quantitative estimate of drug-likeness (QED) is 0.267. The van der Waals surface area contributed by atoms with Gasteiger partial charge >= 0.3 is 11.7 Å². The topological polar surface area (TPSA) is 99.4 Å². The van der Waals surface area contributed by atoms with Gasteiger partial charge in [0, 0.05) is 13.5 Å². The average Bonchev–Trinajstić information content (AvgIpc) is 2.92. The van der Waals surface area contributed by atoms with Crippen LogP contribution in [0.15, 0.2) is 70.3 Å². The summed E-state index contributed by atoms with van der Waals surface area (Å²) < 4.78 is 7.96. The molecule has 1 aromatic heterocycles. The van der Waals surface area contributed by atoms with Crippen molar-refractivity contribution in [2.24, 2.45) is 7.05 Å². The third-order valence-electron chi connectivity index (χ3n) is 6.64. The van der Waals surface area contributed by atoms with Gasteiger partial charge in [-0.1, -0.05) is 60.8 Å². The molecule has 3 aromatic carbocycles. The Morgan fingerprint density at radius 2 is 1.59 bits per heavy atom. The minimum atomic E-state index is -1.05. The van der Waals surface area contributed by atoms with E-state index in [0.717, 1.165) is 23.0 Å². The van der Waals surface area contributed by atoms with Gasteiger partial charge in [0.1, 0.15) is 6.04 Å². The SMILES string of the molecule is CCCc1ccc2c(c1)c(=O)n(-c1ccc(C[C@H](NC(=O)c3c(Cl)cccc3Cl)C(=O)OC(C)C)cc1)c(=O)n2C. The van der Waals surface area contributed by atoms with E-state index in [-0.39, 0.29) is 22.0 Å². The smallest absolute Gasteiger partial charge is 0.335 e. The van der Waals surface area contributed by atoms with E-state index < -0.39 is 35.3 Å². The Bertz CT molecular complexity index is 1710. The van der Waals surface area contributed by atoms with Crippen LogP contribution in [-0.4, -0.2) is 33.2 Å². The van der Waals surface area contributed by atoms with Gasteiger partial charge in [0.05, 0.1) is 38.3 Å². The fourth-order valence-corrected chi connectivity index (χ4v) is 5.22. The maximum atomic E-state index is 13.4. The van der Waals surface area contributed by atoms with Crippen LogP contribution >= 0.6 is 23.2 Å². The minimum absolute atomic E-state index is 0.0575. The van der Waals surface area contributed by atoms with Crippen LogP contribution < -0.4 is 16.6 Å². The largest absolute Gasteiger partial charge is 0.461 e. The molecule has 0 saturated carbocycles. The van der Waals surface area contributed by atoms with Crippen molar-refractivity contribution in [3.63, 3.8) is 0 Å². The first-order valence-electron chi connectivity index (χ1n) is 13.3. The highest BCUT2D eigenvalue weighted by molar-refractivity contribution is 6.39. The summed E-state index contributed by atoms with van der Waals surface area (Å²) in [4.78, 5) is 52.6. The zero-order chi connectivity index (χ0) is 29.8. The van der Waals surface area contributed by atoms with Crippen molar-refractivity contribution in [3.8, 4) is 5.69 Å². The molecular formula is C31H31Cl2N3O5. The van der Waals surface area contributed by atoms with Crippen LogP contribution in [-0.2, 0) is 29.4 Å². The maximum Gasteiger partial charge on any atom is 0.335 e. The third-order valence-corrected chi connectivity index (χ3v) is 7.27. The lowest BCUT2D eigenvalue weighted by atomic mass is 10.0. The maximum absolute atomic E-state index is 13.4. The molecule has 1 amide bonds. The van der Waals surface area contributed by atoms with Crippen molar-refractivity contribution < 1.29 is 14.3 Å². The molecule has 0 radical (unpaired) electrons. The number of rotatable bonds is 9. The number of halogens is 2. The number of hydrogen-bond acceptors (Lipinski definition) is 5. The van der Waals surface area contributed by atoms with Gasteiger partial charge in [-0.15, -0.1) is 0 Å². The number of ether oxygens (including phenoxy) is 1. The van der Waals surface area contributed by atoms with Gasteiger partial charge in [-0.3, -0.25) is 14.2 Å². The van der Waals surface area contributed by atoms with Crippen LogP contribution in [0.1, 0.15) is 48.7 Å². The third kappa shape index (κ3) is 6.55. The highest BCUT2D eigenvalue weighted by Gasteiger charge is 2.26. The molecule has 0 aliphatic heterocycles. The number of nitrogens with zero attached hydrogens (tertiary/aromatic N) is 2. The predicted molar refractivity (Wildman–Crippen MR) is 161 cm³/mol. The fourth-order valence-electron chi connectivity index (χ4n) is 4.65. The second kappa shape index (κ2) is 12.7. The van der Waals surface area contributed by atoms with Crippen molar-refractivity contribution in [2.45, 2.75) is 52.2 Å². The summed E-state index contributed by atoms with van der Waals surface area (Å²) in [6.45, 7) is 5.49. The van der Waals surface area contributed by atoms with Crippen LogP contribution in [0.5, 0.6) is 0 Å². The molecule has 214 valence electrons. The average molecular weight is 597 g/mol. The van der Waals surface area contributed by atoms with Gasteiger partial charge in [-0.05, 0) is 67.8 Å². The first-order chi connectivity index (χ1) is 19.5. The Kier molecular flexibility index (Phi) is 9.35. The van der Waals surface area contributed by atoms with Crippen LogP contribution in [0.25, 0.3) is 16.6 Å². The Labute approximate surface area is 247 Å². The van der Waals surface area contributed by atoms with Gasteiger partial charge < -0.3 is 10.1 Å². The van der Waals surface area contributed by atoms with E-state index >= 15 is 0 Å². The van der Waals surface area contributed by atoms with E-state index in [2.05, 4.69) is 12.2 Å².